The summed E-state index contributed by atoms with van der Waals surface area (Å²) in [5, 5.41) is 5.78. The smallest absolute Gasteiger partial charge is 0.240 e. The maximum absolute atomic E-state index is 11.7. The summed E-state index contributed by atoms with van der Waals surface area (Å²) in [5.41, 5.74) is 5.22. The molecule has 6 heteroatoms. The highest BCUT2D eigenvalue weighted by atomic mass is 16.5. The van der Waals surface area contributed by atoms with Crippen LogP contribution < -0.4 is 16.4 Å². The molecular formula is C11H21N3O3. The first-order chi connectivity index (χ1) is 8.00. The maximum Gasteiger partial charge on any atom is 0.240 e. The lowest BCUT2D eigenvalue weighted by Crippen LogP contribution is -2.49. The molecule has 1 aliphatic rings. The molecule has 0 aliphatic carbocycles. The second-order valence-corrected chi connectivity index (χ2v) is 4.59. The Balaban J connectivity index is 2.38. The fourth-order valence-electron chi connectivity index (χ4n) is 1.76. The lowest BCUT2D eigenvalue weighted by Gasteiger charge is -2.24. The molecule has 1 heterocycles. The number of primary amides is 1. The average molecular weight is 243 g/mol. The van der Waals surface area contributed by atoms with Crippen LogP contribution in [0, 0.1) is 5.92 Å². The number of carbonyl (C=O) groups excluding carboxylic acids is 2. The Bertz CT molecular complexity index is 275. The van der Waals surface area contributed by atoms with Crippen molar-refractivity contribution in [3.63, 3.8) is 0 Å². The number of nitrogens with two attached hydrogens (primary N) is 1. The van der Waals surface area contributed by atoms with Crippen LogP contribution in [0.5, 0.6) is 0 Å². The Morgan fingerprint density at radius 1 is 1.53 bits per heavy atom. The van der Waals surface area contributed by atoms with E-state index in [2.05, 4.69) is 10.6 Å². The molecule has 0 spiro atoms. The monoisotopic (exact) mass is 243 g/mol. The molecule has 0 aromatic rings. The van der Waals surface area contributed by atoms with Gasteiger partial charge in [0, 0.05) is 13.1 Å². The molecule has 0 radical (unpaired) electrons. The van der Waals surface area contributed by atoms with Gasteiger partial charge in [-0.2, -0.15) is 0 Å². The molecular weight excluding hydrogens is 222 g/mol. The summed E-state index contributed by atoms with van der Waals surface area (Å²) < 4.78 is 5.41. The molecule has 2 unspecified atom stereocenters. The molecule has 0 bridgehead atoms. The van der Waals surface area contributed by atoms with E-state index in [0.29, 0.717) is 13.2 Å². The van der Waals surface area contributed by atoms with E-state index in [4.69, 9.17) is 10.5 Å². The van der Waals surface area contributed by atoms with Gasteiger partial charge in [0.1, 0.15) is 6.04 Å². The topological polar surface area (TPSA) is 93.4 Å². The van der Waals surface area contributed by atoms with E-state index in [-0.39, 0.29) is 24.3 Å². The van der Waals surface area contributed by atoms with Crippen LogP contribution in [0.3, 0.4) is 0 Å². The normalized spacial score (nSPS) is 22.2. The highest BCUT2D eigenvalue weighted by Gasteiger charge is 2.24. The van der Waals surface area contributed by atoms with E-state index in [1.165, 1.54) is 0 Å². The van der Waals surface area contributed by atoms with Crippen LogP contribution >= 0.6 is 0 Å². The minimum absolute atomic E-state index is 0.0122. The highest BCUT2D eigenvalue weighted by molar-refractivity contribution is 5.86. The second-order valence-electron chi connectivity index (χ2n) is 4.59. The number of carbonyl (C=O) groups is 2. The summed E-state index contributed by atoms with van der Waals surface area (Å²) >= 11 is 0. The number of ether oxygens (including phenoxy) is 1. The van der Waals surface area contributed by atoms with Gasteiger partial charge in [0.25, 0.3) is 0 Å². The minimum atomic E-state index is -0.612. The van der Waals surface area contributed by atoms with Crippen molar-refractivity contribution in [3.05, 3.63) is 0 Å². The molecule has 1 fully saturated rings. The van der Waals surface area contributed by atoms with Crippen LogP contribution in [0.25, 0.3) is 0 Å². The van der Waals surface area contributed by atoms with Crippen molar-refractivity contribution in [3.8, 4) is 0 Å². The molecule has 6 nitrogen and oxygen atoms in total. The molecule has 0 aromatic heterocycles. The number of amides is 2. The summed E-state index contributed by atoms with van der Waals surface area (Å²) in [6.07, 6.45) is 0.133. The van der Waals surface area contributed by atoms with Gasteiger partial charge in [-0.3, -0.25) is 9.59 Å². The van der Waals surface area contributed by atoms with Gasteiger partial charge in [-0.25, -0.2) is 0 Å². The van der Waals surface area contributed by atoms with E-state index in [9.17, 15) is 9.59 Å². The summed E-state index contributed by atoms with van der Waals surface area (Å²) in [5.74, 6) is -0.714. The van der Waals surface area contributed by atoms with Crippen LogP contribution in [0.4, 0.5) is 0 Å². The Kier molecular flexibility index (Phi) is 5.37. The molecule has 4 N–H and O–H groups in total. The number of rotatable bonds is 5. The van der Waals surface area contributed by atoms with Gasteiger partial charge in [-0.15, -0.1) is 0 Å². The molecule has 1 aliphatic heterocycles. The number of hydrogen-bond acceptors (Lipinski definition) is 4. The number of hydrogen-bond donors (Lipinski definition) is 3. The fourth-order valence-corrected chi connectivity index (χ4v) is 1.76. The number of nitrogens with one attached hydrogen (secondary N) is 2. The van der Waals surface area contributed by atoms with Crippen molar-refractivity contribution < 1.29 is 14.3 Å². The van der Waals surface area contributed by atoms with Crippen LogP contribution in [0.1, 0.15) is 20.3 Å². The molecule has 0 aromatic carbocycles. The first-order valence-corrected chi connectivity index (χ1v) is 5.91. The fraction of sp³-hybridized carbons (Fsp3) is 0.818. The Labute approximate surface area is 101 Å². The first kappa shape index (κ1) is 13.9. The van der Waals surface area contributed by atoms with Gasteiger partial charge < -0.3 is 21.1 Å². The van der Waals surface area contributed by atoms with Gasteiger partial charge in [0.2, 0.25) is 11.8 Å². The van der Waals surface area contributed by atoms with E-state index >= 15 is 0 Å². The highest BCUT2D eigenvalue weighted by Crippen LogP contribution is 2.04. The quantitative estimate of drug-likeness (QED) is 0.577. The minimum Gasteiger partial charge on any atom is -0.375 e. The van der Waals surface area contributed by atoms with Gasteiger partial charge in [0.05, 0.1) is 19.1 Å². The third-order valence-electron chi connectivity index (χ3n) is 2.71. The lowest BCUT2D eigenvalue weighted by molar-refractivity contribution is -0.130. The van der Waals surface area contributed by atoms with Crippen molar-refractivity contribution in [2.45, 2.75) is 32.4 Å². The van der Waals surface area contributed by atoms with Crippen molar-refractivity contribution in [2.75, 3.05) is 19.7 Å². The predicted octanol–water partition coefficient (Wildman–Crippen LogP) is -1.01. The van der Waals surface area contributed by atoms with E-state index in [1.807, 2.05) is 13.8 Å². The maximum atomic E-state index is 11.7. The van der Waals surface area contributed by atoms with Gasteiger partial charge >= 0.3 is 0 Å². The first-order valence-electron chi connectivity index (χ1n) is 5.91. The van der Waals surface area contributed by atoms with Crippen LogP contribution in [0.15, 0.2) is 0 Å². The summed E-state index contributed by atoms with van der Waals surface area (Å²) in [4.78, 5) is 22.8. The molecule has 1 rings (SSSR count). The third-order valence-corrected chi connectivity index (χ3v) is 2.71. The molecule has 17 heavy (non-hydrogen) atoms. The zero-order valence-electron chi connectivity index (χ0n) is 10.4. The second kappa shape index (κ2) is 6.56. The third kappa shape index (κ3) is 4.70. The van der Waals surface area contributed by atoms with Gasteiger partial charge in [0.15, 0.2) is 0 Å². The van der Waals surface area contributed by atoms with Gasteiger partial charge in [-0.05, 0) is 5.92 Å². The van der Waals surface area contributed by atoms with Gasteiger partial charge in [-0.1, -0.05) is 13.8 Å². The van der Waals surface area contributed by atoms with Crippen LogP contribution in [-0.4, -0.2) is 43.7 Å². The van der Waals surface area contributed by atoms with Crippen LogP contribution in [0.2, 0.25) is 0 Å². The SMILES string of the molecule is CC(C)C(NC(=O)CC1CNCCO1)C(N)=O. The predicted molar refractivity (Wildman–Crippen MR) is 63.2 cm³/mol. The molecule has 2 atom stereocenters. The standard InChI is InChI=1S/C11H21N3O3/c1-7(2)10(11(12)16)14-9(15)5-8-6-13-3-4-17-8/h7-8,10,13H,3-6H2,1-2H3,(H2,12,16)(H,14,15). The molecule has 2 amide bonds. The Morgan fingerprint density at radius 2 is 2.24 bits per heavy atom. The Morgan fingerprint density at radius 3 is 2.71 bits per heavy atom. The van der Waals surface area contributed by atoms with Crippen molar-refractivity contribution in [1.29, 1.82) is 0 Å². The van der Waals surface area contributed by atoms with Crippen molar-refractivity contribution >= 4 is 11.8 Å². The Hall–Kier alpha value is -1.14. The summed E-state index contributed by atoms with van der Waals surface area (Å²) in [7, 11) is 0. The van der Waals surface area contributed by atoms with E-state index in [0.717, 1.165) is 6.54 Å². The summed E-state index contributed by atoms with van der Waals surface area (Å²) in [6, 6.07) is -0.612. The lowest BCUT2D eigenvalue weighted by atomic mass is 10.0. The molecule has 98 valence electrons. The zero-order chi connectivity index (χ0) is 12.8. The van der Waals surface area contributed by atoms with Crippen molar-refractivity contribution in [2.24, 2.45) is 11.7 Å². The summed E-state index contributed by atoms with van der Waals surface area (Å²) in [6.45, 7) is 5.77. The zero-order valence-corrected chi connectivity index (χ0v) is 10.4. The molecule has 0 saturated carbocycles. The average Bonchev–Trinajstić information content (AvgIpc) is 2.26. The van der Waals surface area contributed by atoms with E-state index < -0.39 is 11.9 Å². The molecule has 1 saturated heterocycles. The largest absolute Gasteiger partial charge is 0.375 e. The van der Waals surface area contributed by atoms with Crippen LogP contribution in [-0.2, 0) is 14.3 Å². The van der Waals surface area contributed by atoms with Crippen molar-refractivity contribution in [1.82, 2.24) is 10.6 Å². The van der Waals surface area contributed by atoms with E-state index in [1.54, 1.807) is 0 Å². The number of morpholine rings is 1.